The maximum atomic E-state index is 13.1. The average Bonchev–Trinajstić information content (AvgIpc) is 2.90. The normalized spacial score (nSPS) is 11.2. The van der Waals surface area contributed by atoms with E-state index in [-0.39, 0.29) is 10.8 Å². The smallest absolute Gasteiger partial charge is 0.264 e. The molecule has 0 aromatic heterocycles. The molecule has 0 saturated heterocycles. The number of nitrogens with one attached hydrogen (secondary N) is 1. The van der Waals surface area contributed by atoms with E-state index in [9.17, 15) is 13.2 Å². The van der Waals surface area contributed by atoms with Crippen molar-refractivity contribution in [3.05, 3.63) is 77.9 Å². The summed E-state index contributed by atoms with van der Waals surface area (Å²) < 4.78 is 43.6. The van der Waals surface area contributed by atoms with Crippen molar-refractivity contribution in [3.8, 4) is 17.2 Å². The van der Waals surface area contributed by atoms with Crippen LogP contribution in [0.1, 0.15) is 35.7 Å². The minimum absolute atomic E-state index is 0.0588. The van der Waals surface area contributed by atoms with E-state index in [0.717, 1.165) is 15.6 Å². The molecule has 0 radical (unpaired) electrons. The molecule has 3 rings (SSSR count). The van der Waals surface area contributed by atoms with Crippen molar-refractivity contribution < 1.29 is 27.4 Å². The zero-order valence-electron chi connectivity index (χ0n) is 21.1. The van der Waals surface area contributed by atoms with Crippen molar-refractivity contribution in [1.82, 2.24) is 5.32 Å². The van der Waals surface area contributed by atoms with Crippen molar-refractivity contribution in [1.29, 1.82) is 0 Å². The summed E-state index contributed by atoms with van der Waals surface area (Å²) in [4.78, 5) is 12.6. The number of nitrogens with zero attached hydrogens (tertiary/aromatic N) is 1. The summed E-state index contributed by atoms with van der Waals surface area (Å²) >= 11 is 0. The quantitative estimate of drug-likeness (QED) is 0.381. The molecule has 1 amide bonds. The van der Waals surface area contributed by atoms with Gasteiger partial charge in [0.1, 0.15) is 12.4 Å². The predicted octanol–water partition coefficient (Wildman–Crippen LogP) is 4.46. The van der Waals surface area contributed by atoms with Gasteiger partial charge in [-0.1, -0.05) is 32.0 Å². The van der Waals surface area contributed by atoms with E-state index < -0.39 is 10.0 Å². The molecule has 0 unspecified atom stereocenters. The van der Waals surface area contributed by atoms with Crippen LogP contribution in [0.3, 0.4) is 0 Å². The number of rotatable bonds is 11. The van der Waals surface area contributed by atoms with Crippen LogP contribution in [-0.4, -0.2) is 48.7 Å². The van der Waals surface area contributed by atoms with Crippen molar-refractivity contribution in [2.75, 3.05) is 38.7 Å². The van der Waals surface area contributed by atoms with Crippen molar-refractivity contribution in [2.45, 2.75) is 24.7 Å². The van der Waals surface area contributed by atoms with E-state index in [1.54, 1.807) is 24.3 Å². The fraction of sp³-hybridized carbons (Fsp3) is 0.296. The molecule has 0 bridgehead atoms. The van der Waals surface area contributed by atoms with Gasteiger partial charge in [0.25, 0.3) is 15.9 Å². The molecule has 0 heterocycles. The van der Waals surface area contributed by atoms with Crippen LogP contribution in [0.25, 0.3) is 0 Å². The number of benzene rings is 3. The molecule has 3 aromatic carbocycles. The van der Waals surface area contributed by atoms with Gasteiger partial charge in [-0.25, -0.2) is 8.42 Å². The number of hydrogen-bond donors (Lipinski definition) is 1. The van der Waals surface area contributed by atoms with Gasteiger partial charge in [0, 0.05) is 18.7 Å². The molecule has 9 heteroatoms. The van der Waals surface area contributed by atoms with E-state index in [4.69, 9.17) is 14.2 Å². The number of amides is 1. The SMILES string of the molecule is COc1ccc(S(=O)(=O)N(C)c2ccc(C(=O)NCCOc3ccccc3C(C)C)cc2)cc1OC. The standard InChI is InChI=1S/C27H32N2O6S/c1-19(2)23-8-6-7-9-24(23)35-17-16-28-27(30)20-10-12-21(13-11-20)29(3)36(31,32)22-14-15-25(33-4)26(18-22)34-5/h6-15,18-19H,16-17H2,1-5H3,(H,28,30). The highest BCUT2D eigenvalue weighted by atomic mass is 32.2. The first-order chi connectivity index (χ1) is 17.2. The lowest BCUT2D eigenvalue weighted by atomic mass is 10.0. The minimum Gasteiger partial charge on any atom is -0.493 e. The van der Waals surface area contributed by atoms with E-state index >= 15 is 0 Å². The van der Waals surface area contributed by atoms with Crippen LogP contribution in [0.5, 0.6) is 17.2 Å². The molecular formula is C27H32N2O6S. The van der Waals surface area contributed by atoms with Gasteiger partial charge >= 0.3 is 0 Å². The first-order valence-corrected chi connectivity index (χ1v) is 12.9. The van der Waals surface area contributed by atoms with Crippen LogP contribution in [-0.2, 0) is 10.0 Å². The fourth-order valence-electron chi connectivity index (χ4n) is 3.61. The highest BCUT2D eigenvalue weighted by Gasteiger charge is 2.23. The maximum Gasteiger partial charge on any atom is 0.264 e. The van der Waals surface area contributed by atoms with Gasteiger partial charge in [-0.15, -0.1) is 0 Å². The molecule has 0 spiro atoms. The summed E-state index contributed by atoms with van der Waals surface area (Å²) in [5, 5.41) is 2.82. The Morgan fingerprint density at radius 3 is 2.22 bits per heavy atom. The third kappa shape index (κ3) is 6.09. The molecule has 0 saturated carbocycles. The molecule has 36 heavy (non-hydrogen) atoms. The molecule has 0 aliphatic carbocycles. The second kappa shape index (κ2) is 11.8. The van der Waals surface area contributed by atoms with Gasteiger partial charge in [-0.3, -0.25) is 9.10 Å². The zero-order chi connectivity index (χ0) is 26.3. The molecule has 0 aliphatic heterocycles. The minimum atomic E-state index is -3.86. The van der Waals surface area contributed by atoms with Crippen molar-refractivity contribution >= 4 is 21.6 Å². The Labute approximate surface area is 212 Å². The number of ether oxygens (including phenoxy) is 3. The summed E-state index contributed by atoms with van der Waals surface area (Å²) in [6.45, 7) is 4.87. The van der Waals surface area contributed by atoms with Gasteiger partial charge in [0.2, 0.25) is 0 Å². The Balaban J connectivity index is 1.61. The number of carbonyl (C=O) groups is 1. The van der Waals surface area contributed by atoms with E-state index in [2.05, 4.69) is 19.2 Å². The highest BCUT2D eigenvalue weighted by molar-refractivity contribution is 7.92. The lowest BCUT2D eigenvalue weighted by Crippen LogP contribution is -2.29. The topological polar surface area (TPSA) is 94.2 Å². The Bertz CT molecular complexity index is 1290. The maximum absolute atomic E-state index is 13.1. The van der Waals surface area contributed by atoms with E-state index in [1.807, 2.05) is 24.3 Å². The van der Waals surface area contributed by atoms with Crippen LogP contribution >= 0.6 is 0 Å². The van der Waals surface area contributed by atoms with Gasteiger partial charge in [-0.05, 0) is 53.9 Å². The fourth-order valence-corrected chi connectivity index (χ4v) is 4.82. The lowest BCUT2D eigenvalue weighted by molar-refractivity contribution is 0.0947. The Kier molecular flexibility index (Phi) is 8.82. The van der Waals surface area contributed by atoms with E-state index in [0.29, 0.717) is 41.8 Å². The van der Waals surface area contributed by atoms with Gasteiger partial charge < -0.3 is 19.5 Å². The van der Waals surface area contributed by atoms with Crippen molar-refractivity contribution in [2.24, 2.45) is 0 Å². The second-order valence-corrected chi connectivity index (χ2v) is 10.3. The van der Waals surface area contributed by atoms with Gasteiger partial charge in [0.15, 0.2) is 11.5 Å². The van der Waals surface area contributed by atoms with Gasteiger partial charge in [0.05, 0.1) is 31.3 Å². The predicted molar refractivity (Wildman–Crippen MR) is 140 cm³/mol. The Morgan fingerprint density at radius 2 is 1.58 bits per heavy atom. The number of carbonyl (C=O) groups excluding carboxylic acids is 1. The molecule has 192 valence electrons. The summed E-state index contributed by atoms with van der Waals surface area (Å²) in [6.07, 6.45) is 0. The lowest BCUT2D eigenvalue weighted by Gasteiger charge is -2.20. The number of hydrogen-bond acceptors (Lipinski definition) is 6. The molecule has 3 aromatic rings. The molecule has 0 atom stereocenters. The highest BCUT2D eigenvalue weighted by Crippen LogP contribution is 2.31. The average molecular weight is 513 g/mol. The van der Waals surface area contributed by atoms with Crippen LogP contribution in [0, 0.1) is 0 Å². The Hall–Kier alpha value is -3.72. The Morgan fingerprint density at radius 1 is 0.917 bits per heavy atom. The number of methoxy groups -OCH3 is 2. The summed E-state index contributed by atoms with van der Waals surface area (Å²) in [6, 6.07) is 18.6. The first-order valence-electron chi connectivity index (χ1n) is 11.5. The monoisotopic (exact) mass is 512 g/mol. The van der Waals surface area contributed by atoms with Crippen LogP contribution in [0.4, 0.5) is 5.69 Å². The summed E-state index contributed by atoms with van der Waals surface area (Å²) in [7, 11) is 0.520. The largest absolute Gasteiger partial charge is 0.493 e. The summed E-state index contributed by atoms with van der Waals surface area (Å²) in [5.41, 5.74) is 1.94. The number of anilines is 1. The molecule has 0 aliphatic rings. The zero-order valence-corrected chi connectivity index (χ0v) is 22.0. The van der Waals surface area contributed by atoms with Crippen LogP contribution < -0.4 is 23.8 Å². The molecule has 1 N–H and O–H groups in total. The third-order valence-corrected chi connectivity index (χ3v) is 7.47. The molecule has 0 fully saturated rings. The third-order valence-electron chi connectivity index (χ3n) is 5.69. The number of para-hydroxylation sites is 1. The van der Waals surface area contributed by atoms with Crippen LogP contribution in [0.2, 0.25) is 0 Å². The van der Waals surface area contributed by atoms with Crippen LogP contribution in [0.15, 0.2) is 71.6 Å². The molecular weight excluding hydrogens is 480 g/mol. The second-order valence-electron chi connectivity index (χ2n) is 8.33. The molecule has 8 nitrogen and oxygen atoms in total. The van der Waals surface area contributed by atoms with Gasteiger partial charge in [-0.2, -0.15) is 0 Å². The summed E-state index contributed by atoms with van der Waals surface area (Å²) in [5.74, 6) is 1.63. The van der Waals surface area contributed by atoms with E-state index in [1.165, 1.54) is 39.5 Å². The number of sulfonamides is 1. The first kappa shape index (κ1) is 26.9. The van der Waals surface area contributed by atoms with Crippen molar-refractivity contribution in [3.63, 3.8) is 0 Å².